The van der Waals surface area contributed by atoms with Gasteiger partial charge in [-0.3, -0.25) is 9.69 Å². The van der Waals surface area contributed by atoms with Crippen LogP contribution in [0.1, 0.15) is 25.1 Å². The number of halogens is 3. The molecule has 1 aromatic carbocycles. The number of anilines is 4. The van der Waals surface area contributed by atoms with Crippen LogP contribution in [0.15, 0.2) is 24.3 Å². The third-order valence-corrected chi connectivity index (χ3v) is 6.50. The molecular formula is C24H34F3N7OS. The van der Waals surface area contributed by atoms with E-state index in [0.29, 0.717) is 55.9 Å². The van der Waals surface area contributed by atoms with E-state index in [1.807, 2.05) is 57.0 Å². The summed E-state index contributed by atoms with van der Waals surface area (Å²) in [5, 5.41) is 6.21. The third kappa shape index (κ3) is 6.33. The van der Waals surface area contributed by atoms with Gasteiger partial charge in [-0.25, -0.2) is 4.98 Å². The number of benzene rings is 1. The van der Waals surface area contributed by atoms with Crippen LogP contribution in [0.3, 0.4) is 0 Å². The van der Waals surface area contributed by atoms with Gasteiger partial charge in [-0.2, -0.15) is 31.7 Å². The number of carbonyl (C=O) groups is 1. The number of aryl methyl sites for hydroxylation is 1. The van der Waals surface area contributed by atoms with E-state index in [2.05, 4.69) is 25.5 Å². The number of fused-ring (bicyclic) bond motifs is 1. The van der Waals surface area contributed by atoms with Crippen LogP contribution in [0.5, 0.6) is 0 Å². The highest BCUT2D eigenvalue weighted by atomic mass is 32.1. The SMILES string of the molecule is Cc1nc(NCc2ccc(N3CCN(CC(F)(F)F)CC3)cc2)nc2c1NC(=O)[C@H](C(C)C)N2C.S. The predicted octanol–water partition coefficient (Wildman–Crippen LogP) is 3.61. The van der Waals surface area contributed by atoms with Crippen molar-refractivity contribution >= 4 is 42.5 Å². The minimum atomic E-state index is -4.16. The number of likely N-dealkylation sites (N-methyl/N-ethyl adjacent to an activating group) is 1. The number of hydrogen-bond donors (Lipinski definition) is 2. The van der Waals surface area contributed by atoms with Crippen LogP contribution in [0.4, 0.5) is 36.3 Å². The fourth-order valence-corrected chi connectivity index (χ4v) is 4.72. The number of aromatic nitrogens is 2. The number of hydrogen-bond acceptors (Lipinski definition) is 7. The molecule has 1 fully saturated rings. The molecule has 0 bridgehead atoms. The highest BCUT2D eigenvalue weighted by molar-refractivity contribution is 7.59. The van der Waals surface area contributed by atoms with Crippen LogP contribution in [0.25, 0.3) is 0 Å². The van der Waals surface area contributed by atoms with E-state index in [1.54, 1.807) is 0 Å². The number of nitrogens with one attached hydrogen (secondary N) is 2. The van der Waals surface area contributed by atoms with E-state index in [9.17, 15) is 18.0 Å². The Hall–Kier alpha value is -2.73. The Morgan fingerprint density at radius 2 is 1.75 bits per heavy atom. The second-order valence-electron chi connectivity index (χ2n) is 9.52. The Balaban J connectivity index is 0.00000361. The lowest BCUT2D eigenvalue weighted by Crippen LogP contribution is -2.49. The number of amides is 1. The first-order valence-corrected chi connectivity index (χ1v) is 11.8. The molecule has 12 heteroatoms. The summed E-state index contributed by atoms with van der Waals surface area (Å²) in [6.07, 6.45) is -4.16. The molecule has 1 aromatic heterocycles. The minimum absolute atomic E-state index is 0. The highest BCUT2D eigenvalue weighted by Gasteiger charge is 2.35. The second-order valence-corrected chi connectivity index (χ2v) is 9.52. The van der Waals surface area contributed by atoms with Crippen molar-refractivity contribution in [3.05, 3.63) is 35.5 Å². The fraction of sp³-hybridized carbons (Fsp3) is 0.542. The van der Waals surface area contributed by atoms with Gasteiger partial charge in [0, 0.05) is 45.5 Å². The zero-order valence-electron chi connectivity index (χ0n) is 21.0. The first-order valence-electron chi connectivity index (χ1n) is 11.8. The molecule has 2 N–H and O–H groups in total. The van der Waals surface area contributed by atoms with Crippen LogP contribution in [-0.2, 0) is 11.3 Å². The van der Waals surface area contributed by atoms with Crippen LogP contribution in [-0.4, -0.2) is 72.8 Å². The Morgan fingerprint density at radius 3 is 2.33 bits per heavy atom. The van der Waals surface area contributed by atoms with E-state index < -0.39 is 12.7 Å². The summed E-state index contributed by atoms with van der Waals surface area (Å²) >= 11 is 0. The molecule has 0 radical (unpaired) electrons. The monoisotopic (exact) mass is 525 g/mol. The first kappa shape index (κ1) is 27.9. The third-order valence-electron chi connectivity index (χ3n) is 6.50. The molecule has 2 aliphatic rings. The number of alkyl halides is 3. The van der Waals surface area contributed by atoms with Gasteiger partial charge >= 0.3 is 6.18 Å². The quantitative estimate of drug-likeness (QED) is 0.597. The zero-order valence-corrected chi connectivity index (χ0v) is 22.0. The van der Waals surface area contributed by atoms with Gasteiger partial charge < -0.3 is 20.4 Å². The average molecular weight is 526 g/mol. The zero-order chi connectivity index (χ0) is 25.3. The predicted molar refractivity (Wildman–Crippen MR) is 141 cm³/mol. The van der Waals surface area contributed by atoms with Crippen molar-refractivity contribution in [1.82, 2.24) is 14.9 Å². The lowest BCUT2D eigenvalue weighted by atomic mass is 9.99. The number of piperazine rings is 1. The summed E-state index contributed by atoms with van der Waals surface area (Å²) < 4.78 is 37.8. The molecule has 4 rings (SSSR count). The van der Waals surface area contributed by atoms with Crippen molar-refractivity contribution < 1.29 is 18.0 Å². The summed E-state index contributed by atoms with van der Waals surface area (Å²) in [4.78, 5) is 27.1. The van der Waals surface area contributed by atoms with Crippen molar-refractivity contribution in [2.45, 2.75) is 39.5 Å². The molecule has 36 heavy (non-hydrogen) atoms. The molecule has 198 valence electrons. The number of carbonyl (C=O) groups excluding carboxylic acids is 1. The minimum Gasteiger partial charge on any atom is -0.369 e. The Labute approximate surface area is 216 Å². The lowest BCUT2D eigenvalue weighted by molar-refractivity contribution is -0.146. The van der Waals surface area contributed by atoms with Gasteiger partial charge in [0.05, 0.1) is 12.2 Å². The largest absolute Gasteiger partial charge is 0.401 e. The summed E-state index contributed by atoms with van der Waals surface area (Å²) in [6, 6.07) is 7.68. The summed E-state index contributed by atoms with van der Waals surface area (Å²) in [5.74, 6) is 1.25. The maximum atomic E-state index is 12.6. The highest BCUT2D eigenvalue weighted by Crippen LogP contribution is 2.34. The van der Waals surface area contributed by atoms with Gasteiger partial charge in [0.2, 0.25) is 11.9 Å². The Kier molecular flexibility index (Phi) is 8.60. The van der Waals surface area contributed by atoms with Crippen LogP contribution < -0.4 is 20.4 Å². The van der Waals surface area contributed by atoms with Crippen molar-refractivity contribution in [3.8, 4) is 0 Å². The lowest BCUT2D eigenvalue weighted by Gasteiger charge is -2.36. The molecule has 0 saturated carbocycles. The normalized spacial score (nSPS) is 18.6. The Bertz CT molecular complexity index is 1060. The van der Waals surface area contributed by atoms with E-state index >= 15 is 0 Å². The van der Waals surface area contributed by atoms with Gasteiger partial charge in [-0.15, -0.1) is 0 Å². The second kappa shape index (κ2) is 11.1. The van der Waals surface area contributed by atoms with Crippen molar-refractivity contribution in [2.24, 2.45) is 5.92 Å². The molecule has 8 nitrogen and oxygen atoms in total. The standard InChI is InChI=1S/C24H32F3N7O.H2S/c1-15(2)20-22(35)30-19-16(3)29-23(31-21(19)32(20)4)28-13-17-5-7-18(8-6-17)34-11-9-33(10-12-34)14-24(25,26)27;/h5-8,15,20H,9-14H2,1-4H3,(H,30,35)(H,28,29,31);1H2/t20-;/m0./s1. The fourth-order valence-electron chi connectivity index (χ4n) is 4.72. The van der Waals surface area contributed by atoms with Gasteiger partial charge in [-0.1, -0.05) is 26.0 Å². The van der Waals surface area contributed by atoms with E-state index in [4.69, 9.17) is 0 Å². The topological polar surface area (TPSA) is 76.6 Å². The summed E-state index contributed by atoms with van der Waals surface area (Å²) in [5.41, 5.74) is 3.36. The molecule has 0 unspecified atom stereocenters. The van der Waals surface area contributed by atoms with Crippen LogP contribution >= 0.6 is 13.5 Å². The molecular weight excluding hydrogens is 491 g/mol. The average Bonchev–Trinajstić information content (AvgIpc) is 2.78. The van der Waals surface area contributed by atoms with E-state index in [0.717, 1.165) is 11.3 Å². The van der Waals surface area contributed by atoms with E-state index in [-0.39, 0.29) is 31.4 Å². The van der Waals surface area contributed by atoms with E-state index in [1.165, 1.54) is 4.90 Å². The van der Waals surface area contributed by atoms with Gasteiger partial charge in [0.15, 0.2) is 5.82 Å². The molecule has 1 saturated heterocycles. The summed E-state index contributed by atoms with van der Waals surface area (Å²) in [6.45, 7) is 7.44. The molecule has 2 aromatic rings. The Morgan fingerprint density at radius 1 is 1.11 bits per heavy atom. The van der Waals surface area contributed by atoms with Gasteiger partial charge in [0.25, 0.3) is 0 Å². The van der Waals surface area contributed by atoms with Crippen LogP contribution in [0, 0.1) is 12.8 Å². The number of nitrogens with zero attached hydrogens (tertiary/aromatic N) is 5. The molecule has 0 spiro atoms. The van der Waals surface area contributed by atoms with Crippen molar-refractivity contribution in [2.75, 3.05) is 60.2 Å². The molecule has 2 aliphatic heterocycles. The van der Waals surface area contributed by atoms with Gasteiger partial charge in [-0.05, 0) is 30.5 Å². The molecule has 0 aliphatic carbocycles. The maximum Gasteiger partial charge on any atom is 0.401 e. The summed E-state index contributed by atoms with van der Waals surface area (Å²) in [7, 11) is 1.88. The maximum absolute atomic E-state index is 12.6. The number of rotatable bonds is 6. The first-order chi connectivity index (χ1) is 16.5. The van der Waals surface area contributed by atoms with Gasteiger partial charge in [0.1, 0.15) is 11.7 Å². The molecule has 1 atom stereocenters. The van der Waals surface area contributed by atoms with Crippen molar-refractivity contribution in [3.63, 3.8) is 0 Å². The van der Waals surface area contributed by atoms with Crippen molar-refractivity contribution in [1.29, 1.82) is 0 Å². The molecule has 3 heterocycles. The van der Waals surface area contributed by atoms with Crippen LogP contribution in [0.2, 0.25) is 0 Å². The molecule has 1 amide bonds. The smallest absolute Gasteiger partial charge is 0.369 e.